The molecule has 0 aliphatic carbocycles. The number of nitrogens with one attached hydrogen (secondary N) is 1. The molecule has 0 atom stereocenters. The fourth-order valence-electron chi connectivity index (χ4n) is 0.926. The van der Waals surface area contributed by atoms with E-state index in [1.807, 2.05) is 11.4 Å². The van der Waals surface area contributed by atoms with Crippen LogP contribution in [0.25, 0.3) is 11.4 Å². The van der Waals surface area contributed by atoms with Gasteiger partial charge in [-0.1, -0.05) is 0 Å². The van der Waals surface area contributed by atoms with Crippen molar-refractivity contribution in [3.05, 3.63) is 37.6 Å². The second-order valence-corrected chi connectivity index (χ2v) is 3.03. The molecule has 0 radical (unpaired) electrons. The Morgan fingerprint density at radius 1 is 1.27 bits per heavy atom. The van der Waals surface area contributed by atoms with E-state index in [0.29, 0.717) is 5.95 Å². The summed E-state index contributed by atoms with van der Waals surface area (Å²) < 4.78 is 0. The number of aromatic nitrogens is 3. The van der Waals surface area contributed by atoms with E-state index in [9.17, 15) is 0 Å². The van der Waals surface area contributed by atoms with E-state index in [-0.39, 0.29) is 28.5 Å². The predicted octanol–water partition coefficient (Wildman–Crippen LogP) is 2.25. The number of hydrogen-bond donors (Lipinski definition) is 1. The minimum Gasteiger partial charge on any atom is -0.507 e. The summed E-state index contributed by atoms with van der Waals surface area (Å²) in [5.41, 5.74) is 3.45. The zero-order valence-electron chi connectivity index (χ0n) is 8.17. The first kappa shape index (κ1) is 14.2. The fourth-order valence-corrected chi connectivity index (χ4v) is 1.47. The summed E-state index contributed by atoms with van der Waals surface area (Å²) >= 11 is 1.54. The molecule has 0 amide bonds. The molecule has 2 aromatic heterocycles. The van der Waals surface area contributed by atoms with E-state index < -0.39 is 0 Å². The molecule has 0 unspecified atom stereocenters. The molecule has 1 N–H and O–H groups in total. The van der Waals surface area contributed by atoms with Crippen molar-refractivity contribution in [2.45, 2.75) is 0 Å². The Balaban J connectivity index is 0.000000980. The maximum absolute atomic E-state index is 4.19. The van der Waals surface area contributed by atoms with Crippen LogP contribution in [0.15, 0.2) is 23.2 Å². The van der Waals surface area contributed by atoms with Crippen molar-refractivity contribution in [3.8, 4) is 11.4 Å². The average molecular weight is 390 g/mol. The third-order valence-electron chi connectivity index (χ3n) is 1.51. The van der Waals surface area contributed by atoms with Gasteiger partial charge in [-0.15, -0.1) is 11.3 Å². The number of nitrogens with zero attached hydrogens (tertiary/aromatic N) is 3. The van der Waals surface area contributed by atoms with Crippen LogP contribution >= 0.6 is 11.3 Å². The van der Waals surface area contributed by atoms with Gasteiger partial charge in [-0.3, -0.25) is 7.05 Å². The van der Waals surface area contributed by atoms with E-state index in [1.54, 1.807) is 23.0 Å². The summed E-state index contributed by atoms with van der Waals surface area (Å²) in [5.74, 6) is 0.505. The number of thiazole rings is 1. The van der Waals surface area contributed by atoms with E-state index in [4.69, 9.17) is 0 Å². The minimum absolute atomic E-state index is 0. The standard InChI is InChI=1S/C8H7N4S.CH3.W/c1-9-8-10-3-2-6(12-8)7-4-13-5-11-7;;/h2-5H,1H2,(H,9,10,12);1H3;/q2*-1;+2. The van der Waals surface area contributed by atoms with E-state index in [1.165, 1.54) is 0 Å². The van der Waals surface area contributed by atoms with Gasteiger partial charge in [-0.2, -0.15) is 0 Å². The first-order valence-corrected chi connectivity index (χ1v) is 4.59. The summed E-state index contributed by atoms with van der Waals surface area (Å²) in [4.78, 5) is 12.3. The monoisotopic (exact) mass is 390 g/mol. The summed E-state index contributed by atoms with van der Waals surface area (Å²) in [6, 6.07) is 1.82. The average Bonchev–Trinajstić information content (AvgIpc) is 2.71. The molecule has 2 rings (SSSR count). The maximum Gasteiger partial charge on any atom is 2.00 e. The van der Waals surface area contributed by atoms with Crippen molar-refractivity contribution in [1.82, 2.24) is 15.0 Å². The van der Waals surface area contributed by atoms with Gasteiger partial charge < -0.3 is 12.7 Å². The minimum atomic E-state index is 0. The van der Waals surface area contributed by atoms with Crippen molar-refractivity contribution < 1.29 is 21.1 Å². The van der Waals surface area contributed by atoms with Crippen LogP contribution in [0, 0.1) is 14.5 Å². The SMILES string of the molecule is [CH2-]Nc1nccc(-c2cscn2)n1.[CH3-].[W+2]. The number of hydrogen-bond acceptors (Lipinski definition) is 5. The first-order chi connectivity index (χ1) is 6.40. The van der Waals surface area contributed by atoms with Crippen LogP contribution < -0.4 is 5.32 Å². The Morgan fingerprint density at radius 2 is 2.07 bits per heavy atom. The van der Waals surface area contributed by atoms with Gasteiger partial charge in [0.1, 0.15) is 0 Å². The second-order valence-electron chi connectivity index (χ2n) is 2.32. The molecule has 0 aliphatic rings. The Hall–Kier alpha value is -0.802. The van der Waals surface area contributed by atoms with Crippen molar-refractivity contribution in [3.63, 3.8) is 0 Å². The molecule has 78 valence electrons. The molecule has 0 fully saturated rings. The molecule has 15 heavy (non-hydrogen) atoms. The van der Waals surface area contributed by atoms with Gasteiger partial charge in [0.2, 0.25) is 0 Å². The number of rotatable bonds is 2. The van der Waals surface area contributed by atoms with Crippen molar-refractivity contribution in [1.29, 1.82) is 0 Å². The molecule has 4 nitrogen and oxygen atoms in total. The van der Waals surface area contributed by atoms with Gasteiger partial charge in [0, 0.05) is 11.6 Å². The van der Waals surface area contributed by atoms with Crippen molar-refractivity contribution in [2.75, 3.05) is 5.32 Å². The third kappa shape index (κ3) is 3.36. The molecule has 6 heteroatoms. The van der Waals surface area contributed by atoms with Gasteiger partial charge in [-0.05, 0) is 6.07 Å². The van der Waals surface area contributed by atoms with Gasteiger partial charge in [0.05, 0.1) is 16.9 Å². The zero-order chi connectivity index (χ0) is 9.10. The Morgan fingerprint density at radius 3 is 2.67 bits per heavy atom. The van der Waals surface area contributed by atoms with Crippen LogP contribution in [0.3, 0.4) is 0 Å². The largest absolute Gasteiger partial charge is 2.00 e. The molecular formula is C9H10N4SW. The molecule has 2 heterocycles. The van der Waals surface area contributed by atoms with Gasteiger partial charge in [0.25, 0.3) is 0 Å². The summed E-state index contributed by atoms with van der Waals surface area (Å²) in [6.07, 6.45) is 1.68. The smallest absolute Gasteiger partial charge is 0.507 e. The van der Waals surface area contributed by atoms with Gasteiger partial charge in [-0.25, -0.2) is 15.0 Å². The maximum atomic E-state index is 4.19. The molecule has 0 bridgehead atoms. The molecule has 2 aromatic rings. The quantitative estimate of drug-likeness (QED) is 0.800. The second kappa shape index (κ2) is 6.64. The summed E-state index contributed by atoms with van der Waals surface area (Å²) in [7, 11) is 3.49. The van der Waals surface area contributed by atoms with Crippen LogP contribution in [0.5, 0.6) is 0 Å². The third-order valence-corrected chi connectivity index (χ3v) is 2.09. The van der Waals surface area contributed by atoms with Gasteiger partial charge in [0.15, 0.2) is 5.95 Å². The molecule has 0 aliphatic heterocycles. The van der Waals surface area contributed by atoms with Crippen LogP contribution in [-0.2, 0) is 21.1 Å². The molecule has 0 saturated heterocycles. The topological polar surface area (TPSA) is 50.7 Å². The van der Waals surface area contributed by atoms with Crippen molar-refractivity contribution in [2.24, 2.45) is 0 Å². The molecule has 0 aromatic carbocycles. The first-order valence-electron chi connectivity index (χ1n) is 3.65. The van der Waals surface area contributed by atoms with Crippen LogP contribution in [-0.4, -0.2) is 15.0 Å². The van der Waals surface area contributed by atoms with E-state index >= 15 is 0 Å². The Bertz CT molecular complexity index is 391. The fraction of sp³-hybridized carbons (Fsp3) is 0. The van der Waals surface area contributed by atoms with Gasteiger partial charge >= 0.3 is 21.1 Å². The predicted molar refractivity (Wildman–Crippen MR) is 58.5 cm³/mol. The normalized spacial score (nSPS) is 8.60. The molecular weight excluding hydrogens is 380 g/mol. The summed E-state index contributed by atoms with van der Waals surface area (Å²) in [6.45, 7) is 0. The van der Waals surface area contributed by atoms with Crippen LogP contribution in [0.1, 0.15) is 0 Å². The van der Waals surface area contributed by atoms with Crippen LogP contribution in [0.4, 0.5) is 5.95 Å². The number of anilines is 1. The van der Waals surface area contributed by atoms with E-state index in [0.717, 1.165) is 11.4 Å². The molecule has 0 saturated carbocycles. The Kier molecular flexibility index (Phi) is 6.28. The van der Waals surface area contributed by atoms with E-state index in [2.05, 4.69) is 27.3 Å². The molecule has 0 spiro atoms. The van der Waals surface area contributed by atoms with Crippen LogP contribution in [0.2, 0.25) is 0 Å². The summed E-state index contributed by atoms with van der Waals surface area (Å²) in [5, 5.41) is 4.57. The zero-order valence-corrected chi connectivity index (χ0v) is 11.9. The van der Waals surface area contributed by atoms with Crippen molar-refractivity contribution >= 4 is 17.3 Å². The Labute approximate surface area is 107 Å².